The zero-order chi connectivity index (χ0) is 16.9. The number of nitrogens with one attached hydrogen (secondary N) is 1. The van der Waals surface area contributed by atoms with Crippen LogP contribution in [-0.4, -0.2) is 22.0 Å². The zero-order valence-corrected chi connectivity index (χ0v) is 15.6. The smallest absolute Gasteiger partial charge is 0.146 e. The molecule has 0 amide bonds. The molecule has 1 aromatic heterocycles. The highest BCUT2D eigenvalue weighted by Gasteiger charge is 2.17. The van der Waals surface area contributed by atoms with Gasteiger partial charge in [0.05, 0.1) is 5.69 Å². The van der Waals surface area contributed by atoms with Crippen molar-refractivity contribution in [2.75, 3.05) is 11.9 Å². The lowest BCUT2D eigenvalue weighted by atomic mass is 9.89. The molecule has 0 spiro atoms. The highest BCUT2D eigenvalue weighted by Crippen LogP contribution is 2.25. The molecule has 1 N–H and O–H groups in total. The van der Waals surface area contributed by atoms with E-state index in [9.17, 15) is 0 Å². The predicted octanol–water partition coefficient (Wildman–Crippen LogP) is 4.90. The van der Waals surface area contributed by atoms with E-state index in [1.807, 2.05) is 6.92 Å². The average Bonchev–Trinajstić information content (AvgIpc) is 3.01. The number of aryl methyl sites for hydroxylation is 3. The maximum atomic E-state index is 4.96. The molecule has 4 nitrogen and oxygen atoms in total. The molecule has 1 aliphatic carbocycles. The molecule has 5 heteroatoms. The van der Waals surface area contributed by atoms with Gasteiger partial charge in [-0.1, -0.05) is 41.9 Å². The Morgan fingerprint density at radius 3 is 2.50 bits per heavy atom. The summed E-state index contributed by atoms with van der Waals surface area (Å²) in [5, 5.41) is 7.75. The second kappa shape index (κ2) is 7.88. The van der Waals surface area contributed by atoms with E-state index in [0.717, 1.165) is 34.6 Å². The van der Waals surface area contributed by atoms with Crippen molar-refractivity contribution in [2.45, 2.75) is 52.9 Å². The molecule has 0 radical (unpaired) electrons. The first-order chi connectivity index (χ1) is 11.6. The van der Waals surface area contributed by atoms with Crippen LogP contribution in [0.15, 0.2) is 23.2 Å². The lowest BCUT2D eigenvalue weighted by Gasteiger charge is -2.20. The SMILES string of the molecule is Cc1cccc(C)c1NC(=NCC1CCCCC1)c1snnc1C. The van der Waals surface area contributed by atoms with Gasteiger partial charge in [0.1, 0.15) is 10.7 Å². The number of nitrogens with zero attached hydrogens (tertiary/aromatic N) is 3. The van der Waals surface area contributed by atoms with Crippen molar-refractivity contribution in [3.05, 3.63) is 39.9 Å². The third-order valence-corrected chi connectivity index (χ3v) is 5.66. The maximum absolute atomic E-state index is 4.96. The van der Waals surface area contributed by atoms with Crippen molar-refractivity contribution >= 4 is 23.1 Å². The maximum Gasteiger partial charge on any atom is 0.146 e. The molecule has 0 unspecified atom stereocenters. The van der Waals surface area contributed by atoms with Crippen LogP contribution in [0.3, 0.4) is 0 Å². The highest BCUT2D eigenvalue weighted by atomic mass is 32.1. The van der Waals surface area contributed by atoms with Gasteiger partial charge in [-0.25, -0.2) is 0 Å². The van der Waals surface area contributed by atoms with Gasteiger partial charge in [-0.2, -0.15) is 0 Å². The molecular formula is C19H26N4S. The first-order valence-electron chi connectivity index (χ1n) is 8.82. The van der Waals surface area contributed by atoms with Gasteiger partial charge in [-0.15, -0.1) is 5.10 Å². The third kappa shape index (κ3) is 4.01. The summed E-state index contributed by atoms with van der Waals surface area (Å²) in [6, 6.07) is 6.35. The summed E-state index contributed by atoms with van der Waals surface area (Å²) in [5.74, 6) is 1.64. The van der Waals surface area contributed by atoms with E-state index in [0.29, 0.717) is 0 Å². The van der Waals surface area contributed by atoms with Gasteiger partial charge in [0.2, 0.25) is 0 Å². The summed E-state index contributed by atoms with van der Waals surface area (Å²) in [6.45, 7) is 7.16. The van der Waals surface area contributed by atoms with Crippen LogP contribution in [0.25, 0.3) is 0 Å². The van der Waals surface area contributed by atoms with Crippen LogP contribution in [0.1, 0.15) is 53.8 Å². The molecule has 0 aliphatic heterocycles. The number of aromatic nitrogens is 2. The number of hydrogen-bond donors (Lipinski definition) is 1. The summed E-state index contributed by atoms with van der Waals surface area (Å²) in [4.78, 5) is 6.01. The Balaban J connectivity index is 1.86. The third-order valence-electron chi connectivity index (χ3n) is 4.82. The average molecular weight is 343 g/mol. The normalized spacial score (nSPS) is 16.4. The number of hydrogen-bond acceptors (Lipinski definition) is 4. The molecule has 1 aliphatic rings. The standard InChI is InChI=1S/C19H26N4S/c1-13-8-7-9-14(2)17(13)21-19(18-15(3)22-23-24-18)20-12-16-10-5-4-6-11-16/h7-9,16H,4-6,10-12H2,1-3H3,(H,20,21). The van der Waals surface area contributed by atoms with Gasteiger partial charge in [0.15, 0.2) is 0 Å². The minimum absolute atomic E-state index is 0.717. The summed E-state index contributed by atoms with van der Waals surface area (Å²) < 4.78 is 4.09. The minimum atomic E-state index is 0.717. The van der Waals surface area contributed by atoms with Crippen LogP contribution < -0.4 is 5.32 Å². The van der Waals surface area contributed by atoms with Crippen LogP contribution in [-0.2, 0) is 0 Å². The fourth-order valence-electron chi connectivity index (χ4n) is 3.34. The monoisotopic (exact) mass is 342 g/mol. The van der Waals surface area contributed by atoms with E-state index in [1.54, 1.807) is 0 Å². The Morgan fingerprint density at radius 1 is 1.17 bits per heavy atom. The van der Waals surface area contributed by atoms with Crippen molar-refractivity contribution in [2.24, 2.45) is 10.9 Å². The number of anilines is 1. The van der Waals surface area contributed by atoms with Crippen LogP contribution in [0.4, 0.5) is 5.69 Å². The number of amidine groups is 1. The first-order valence-corrected chi connectivity index (χ1v) is 9.59. The summed E-state index contributed by atoms with van der Waals surface area (Å²) in [7, 11) is 0. The fraction of sp³-hybridized carbons (Fsp3) is 0.526. The number of benzene rings is 1. The van der Waals surface area contributed by atoms with Gasteiger partial charge >= 0.3 is 0 Å². The second-order valence-electron chi connectivity index (χ2n) is 6.77. The van der Waals surface area contributed by atoms with Crippen molar-refractivity contribution in [3.63, 3.8) is 0 Å². The molecule has 2 aromatic rings. The molecule has 24 heavy (non-hydrogen) atoms. The molecule has 0 atom stereocenters. The van der Waals surface area contributed by atoms with E-state index in [4.69, 9.17) is 4.99 Å². The highest BCUT2D eigenvalue weighted by molar-refractivity contribution is 7.08. The molecular weight excluding hydrogens is 316 g/mol. The Labute approximate surface area is 148 Å². The molecule has 1 heterocycles. The Hall–Kier alpha value is -1.75. The van der Waals surface area contributed by atoms with Crippen LogP contribution in [0.5, 0.6) is 0 Å². The zero-order valence-electron chi connectivity index (χ0n) is 14.8. The Morgan fingerprint density at radius 2 is 1.88 bits per heavy atom. The van der Waals surface area contributed by atoms with E-state index in [-0.39, 0.29) is 0 Å². The van der Waals surface area contributed by atoms with Crippen molar-refractivity contribution in [1.29, 1.82) is 0 Å². The van der Waals surface area contributed by atoms with Crippen LogP contribution >= 0.6 is 11.5 Å². The molecule has 0 saturated heterocycles. The fourth-order valence-corrected chi connectivity index (χ4v) is 3.96. The van der Waals surface area contributed by atoms with Gasteiger partial charge in [0, 0.05) is 12.2 Å². The van der Waals surface area contributed by atoms with E-state index in [1.165, 1.54) is 54.8 Å². The Bertz CT molecular complexity index is 694. The predicted molar refractivity (Wildman–Crippen MR) is 102 cm³/mol. The molecule has 1 aromatic carbocycles. The minimum Gasteiger partial charge on any atom is -0.339 e. The summed E-state index contributed by atoms with van der Waals surface area (Å²) >= 11 is 1.42. The lowest BCUT2D eigenvalue weighted by Crippen LogP contribution is -2.18. The van der Waals surface area contributed by atoms with Crippen molar-refractivity contribution in [3.8, 4) is 0 Å². The van der Waals surface area contributed by atoms with E-state index < -0.39 is 0 Å². The van der Waals surface area contributed by atoms with Gasteiger partial charge < -0.3 is 5.32 Å². The largest absolute Gasteiger partial charge is 0.339 e. The van der Waals surface area contributed by atoms with Gasteiger partial charge in [0.25, 0.3) is 0 Å². The van der Waals surface area contributed by atoms with E-state index in [2.05, 4.69) is 47.0 Å². The number of para-hydroxylation sites is 1. The number of aliphatic imine (C=N–C) groups is 1. The Kier molecular flexibility index (Phi) is 5.61. The molecule has 1 saturated carbocycles. The van der Waals surface area contributed by atoms with E-state index >= 15 is 0 Å². The van der Waals surface area contributed by atoms with Crippen LogP contribution in [0, 0.1) is 26.7 Å². The van der Waals surface area contributed by atoms with Gasteiger partial charge in [-0.05, 0) is 62.2 Å². The molecule has 3 rings (SSSR count). The first kappa shape index (κ1) is 17.1. The molecule has 0 bridgehead atoms. The van der Waals surface area contributed by atoms with Crippen molar-refractivity contribution in [1.82, 2.24) is 9.59 Å². The van der Waals surface area contributed by atoms with Gasteiger partial charge in [-0.3, -0.25) is 4.99 Å². The lowest BCUT2D eigenvalue weighted by molar-refractivity contribution is 0.367. The van der Waals surface area contributed by atoms with Crippen molar-refractivity contribution < 1.29 is 0 Å². The number of rotatable bonds is 4. The van der Waals surface area contributed by atoms with Crippen LogP contribution in [0.2, 0.25) is 0 Å². The summed E-state index contributed by atoms with van der Waals surface area (Å²) in [6.07, 6.45) is 6.69. The topological polar surface area (TPSA) is 50.2 Å². The summed E-state index contributed by atoms with van der Waals surface area (Å²) in [5.41, 5.74) is 4.56. The molecule has 1 fully saturated rings. The molecule has 128 valence electrons. The second-order valence-corrected chi connectivity index (χ2v) is 7.53. The quantitative estimate of drug-likeness (QED) is 0.635.